The highest BCUT2D eigenvalue weighted by Gasteiger charge is 2.17. The smallest absolute Gasteiger partial charge is 0.119 e. The van der Waals surface area contributed by atoms with Crippen LogP contribution in [0.25, 0.3) is 0 Å². The zero-order chi connectivity index (χ0) is 25.3. The molecule has 0 amide bonds. The molecule has 0 spiro atoms. The minimum Gasteiger partial charge on any atom is -0.492 e. The van der Waals surface area contributed by atoms with Crippen molar-refractivity contribution < 1.29 is 9.84 Å². The van der Waals surface area contributed by atoms with E-state index in [2.05, 4.69) is 40.2 Å². The third kappa shape index (κ3) is 9.36. The summed E-state index contributed by atoms with van der Waals surface area (Å²) in [4.78, 5) is 4.83. The standard InChI is InChI=1S/C29H35Cl2N3O2.ClH/c1-22(32-21-29(35)24-4-2-5-25(30)19-24)18-23-8-10-28(11-9-23)36-17-16-33-12-14-34(15-13-33)27-7-3-6-26(31)20-27;/h2-11,19-20,22,29,32,35H,12-18,21H2,1H3;1H. The van der Waals surface area contributed by atoms with Crippen molar-refractivity contribution in [2.24, 2.45) is 0 Å². The molecule has 3 aromatic rings. The SMILES string of the molecule is CC(Cc1ccc(OCCN2CCN(c3cccc(Cl)c3)CC2)cc1)NCC(O)c1cccc(Cl)c1.Cl. The van der Waals surface area contributed by atoms with Gasteiger partial charge >= 0.3 is 0 Å². The first kappa shape index (κ1) is 29.6. The molecule has 200 valence electrons. The number of aliphatic hydroxyl groups excluding tert-OH is 1. The number of ether oxygens (including phenoxy) is 1. The van der Waals surface area contributed by atoms with Crippen LogP contribution in [-0.2, 0) is 6.42 Å². The lowest BCUT2D eigenvalue weighted by Crippen LogP contribution is -2.47. The molecule has 0 radical (unpaired) electrons. The molecule has 1 aliphatic rings. The van der Waals surface area contributed by atoms with Crippen molar-refractivity contribution in [1.29, 1.82) is 0 Å². The summed E-state index contributed by atoms with van der Waals surface area (Å²) < 4.78 is 6.00. The van der Waals surface area contributed by atoms with E-state index in [1.807, 2.05) is 48.5 Å². The van der Waals surface area contributed by atoms with E-state index < -0.39 is 6.10 Å². The highest BCUT2D eigenvalue weighted by Crippen LogP contribution is 2.21. The quantitative estimate of drug-likeness (QED) is 0.305. The molecule has 4 rings (SSSR count). The summed E-state index contributed by atoms with van der Waals surface area (Å²) in [6.07, 6.45) is 0.293. The summed E-state index contributed by atoms with van der Waals surface area (Å²) in [5.74, 6) is 0.897. The fourth-order valence-corrected chi connectivity index (χ4v) is 4.87. The lowest BCUT2D eigenvalue weighted by Gasteiger charge is -2.36. The summed E-state index contributed by atoms with van der Waals surface area (Å²) in [6.45, 7) is 8.24. The lowest BCUT2D eigenvalue weighted by molar-refractivity contribution is 0.170. The van der Waals surface area contributed by atoms with E-state index in [9.17, 15) is 5.11 Å². The zero-order valence-electron chi connectivity index (χ0n) is 21.2. The maximum Gasteiger partial charge on any atom is 0.119 e. The fourth-order valence-electron chi connectivity index (χ4n) is 4.49. The van der Waals surface area contributed by atoms with Crippen LogP contribution in [0.5, 0.6) is 5.75 Å². The summed E-state index contributed by atoms with van der Waals surface area (Å²) in [5.41, 5.74) is 3.25. The molecule has 5 nitrogen and oxygen atoms in total. The van der Waals surface area contributed by atoms with E-state index in [1.165, 1.54) is 11.3 Å². The van der Waals surface area contributed by atoms with Gasteiger partial charge in [0.2, 0.25) is 0 Å². The third-order valence-electron chi connectivity index (χ3n) is 6.58. The Labute approximate surface area is 236 Å². The monoisotopic (exact) mass is 563 g/mol. The number of rotatable bonds is 11. The van der Waals surface area contributed by atoms with Crippen LogP contribution >= 0.6 is 35.6 Å². The normalized spacial score (nSPS) is 15.6. The minimum atomic E-state index is -0.582. The summed E-state index contributed by atoms with van der Waals surface area (Å²) in [7, 11) is 0. The molecular formula is C29H36Cl3N3O2. The van der Waals surface area contributed by atoms with E-state index in [4.69, 9.17) is 27.9 Å². The highest BCUT2D eigenvalue weighted by molar-refractivity contribution is 6.31. The van der Waals surface area contributed by atoms with E-state index in [0.29, 0.717) is 18.2 Å². The van der Waals surface area contributed by atoms with Crippen LogP contribution in [0, 0.1) is 0 Å². The van der Waals surface area contributed by atoms with Gasteiger partial charge in [0.05, 0.1) is 6.10 Å². The van der Waals surface area contributed by atoms with Crippen LogP contribution in [0.4, 0.5) is 5.69 Å². The predicted molar refractivity (Wildman–Crippen MR) is 157 cm³/mol. The maximum absolute atomic E-state index is 10.4. The van der Waals surface area contributed by atoms with E-state index in [1.54, 1.807) is 6.07 Å². The zero-order valence-corrected chi connectivity index (χ0v) is 23.5. The van der Waals surface area contributed by atoms with E-state index >= 15 is 0 Å². The van der Waals surface area contributed by atoms with Gasteiger partial charge in [0.15, 0.2) is 0 Å². The Hall–Kier alpha value is -1.99. The number of nitrogens with one attached hydrogen (secondary N) is 1. The molecule has 0 saturated carbocycles. The summed E-state index contributed by atoms with van der Waals surface area (Å²) in [5, 5.41) is 15.2. The van der Waals surface area contributed by atoms with Crippen molar-refractivity contribution in [3.05, 3.63) is 94.0 Å². The second-order valence-electron chi connectivity index (χ2n) is 9.39. The fraction of sp³-hybridized carbons (Fsp3) is 0.379. The van der Waals surface area contributed by atoms with Crippen LogP contribution in [0.3, 0.4) is 0 Å². The van der Waals surface area contributed by atoms with Crippen molar-refractivity contribution in [2.45, 2.75) is 25.5 Å². The Morgan fingerprint density at radius 2 is 1.59 bits per heavy atom. The van der Waals surface area contributed by atoms with Crippen LogP contribution in [0.15, 0.2) is 72.8 Å². The third-order valence-corrected chi connectivity index (χ3v) is 7.05. The molecule has 8 heteroatoms. The molecule has 0 bridgehead atoms. The number of aliphatic hydroxyl groups is 1. The molecule has 37 heavy (non-hydrogen) atoms. The molecule has 0 aromatic heterocycles. The van der Waals surface area contributed by atoms with Crippen molar-refractivity contribution in [3.8, 4) is 5.75 Å². The largest absolute Gasteiger partial charge is 0.492 e. The van der Waals surface area contributed by atoms with Crippen LogP contribution in [-0.4, -0.2) is 61.9 Å². The average Bonchev–Trinajstić information content (AvgIpc) is 2.89. The Morgan fingerprint density at radius 3 is 2.27 bits per heavy atom. The van der Waals surface area contributed by atoms with Gasteiger partial charge in [-0.05, 0) is 66.9 Å². The van der Waals surface area contributed by atoms with Crippen LogP contribution in [0.1, 0.15) is 24.2 Å². The number of nitrogens with zero attached hydrogens (tertiary/aromatic N) is 2. The summed E-state index contributed by atoms with van der Waals surface area (Å²) >= 11 is 12.2. The number of hydrogen-bond donors (Lipinski definition) is 2. The molecular weight excluding hydrogens is 529 g/mol. The second kappa shape index (κ2) is 14.8. The van der Waals surface area contributed by atoms with Gasteiger partial charge in [-0.15, -0.1) is 12.4 Å². The second-order valence-corrected chi connectivity index (χ2v) is 10.3. The molecule has 2 N–H and O–H groups in total. The molecule has 3 aromatic carbocycles. The van der Waals surface area contributed by atoms with Gasteiger partial charge in [-0.1, -0.05) is 53.5 Å². The van der Waals surface area contributed by atoms with Gasteiger partial charge in [0.1, 0.15) is 12.4 Å². The van der Waals surface area contributed by atoms with E-state index in [0.717, 1.165) is 55.5 Å². The molecule has 1 aliphatic heterocycles. The number of anilines is 1. The van der Waals surface area contributed by atoms with Crippen LogP contribution in [0.2, 0.25) is 10.0 Å². The topological polar surface area (TPSA) is 48.0 Å². The van der Waals surface area contributed by atoms with Gasteiger partial charge in [-0.3, -0.25) is 4.90 Å². The average molecular weight is 565 g/mol. The molecule has 2 unspecified atom stereocenters. The van der Waals surface area contributed by atoms with Gasteiger partial charge in [0, 0.05) is 61.0 Å². The molecule has 1 heterocycles. The summed E-state index contributed by atoms with van der Waals surface area (Å²) in [6, 6.07) is 24.0. The molecule has 0 aliphatic carbocycles. The molecule has 1 fully saturated rings. The lowest BCUT2D eigenvalue weighted by atomic mass is 10.1. The van der Waals surface area contributed by atoms with Gasteiger partial charge in [-0.2, -0.15) is 0 Å². The van der Waals surface area contributed by atoms with Crippen molar-refractivity contribution in [2.75, 3.05) is 50.8 Å². The number of halogens is 3. The Kier molecular flexibility index (Phi) is 11.8. The Morgan fingerprint density at radius 1 is 0.919 bits per heavy atom. The maximum atomic E-state index is 10.4. The molecule has 1 saturated heterocycles. The predicted octanol–water partition coefficient (Wildman–Crippen LogP) is 5.87. The van der Waals surface area contributed by atoms with Gasteiger partial charge in [-0.25, -0.2) is 0 Å². The number of piperazine rings is 1. The number of hydrogen-bond acceptors (Lipinski definition) is 5. The van der Waals surface area contributed by atoms with E-state index in [-0.39, 0.29) is 18.4 Å². The highest BCUT2D eigenvalue weighted by atomic mass is 35.5. The minimum absolute atomic E-state index is 0. The van der Waals surface area contributed by atoms with Crippen molar-refractivity contribution in [3.63, 3.8) is 0 Å². The van der Waals surface area contributed by atoms with Crippen molar-refractivity contribution in [1.82, 2.24) is 10.2 Å². The first-order valence-electron chi connectivity index (χ1n) is 12.6. The molecule has 2 atom stereocenters. The van der Waals surface area contributed by atoms with Crippen LogP contribution < -0.4 is 15.0 Å². The first-order valence-corrected chi connectivity index (χ1v) is 13.3. The van der Waals surface area contributed by atoms with Crippen molar-refractivity contribution >= 4 is 41.3 Å². The first-order chi connectivity index (χ1) is 17.5. The van der Waals surface area contributed by atoms with Gasteiger partial charge in [0.25, 0.3) is 0 Å². The van der Waals surface area contributed by atoms with Gasteiger partial charge < -0.3 is 20.1 Å². The number of benzene rings is 3. The Balaban J connectivity index is 0.00000380. The Bertz CT molecular complexity index is 1090.